The van der Waals surface area contributed by atoms with E-state index in [1.165, 1.54) is 36.8 Å². The Morgan fingerprint density at radius 3 is 2.05 bits per heavy atom. The molecule has 11 N–H and O–H groups in total. The fourth-order valence-electron chi connectivity index (χ4n) is 3.27. The van der Waals surface area contributed by atoms with E-state index in [1.807, 2.05) is 0 Å². The lowest BCUT2D eigenvalue weighted by atomic mass is 10.1. The smallest absolute Gasteiger partial charge is 0.326 e. The largest absolute Gasteiger partial charge is 0.508 e. The molecule has 0 fully saturated rings. The maximum absolute atomic E-state index is 12.5. The van der Waals surface area contributed by atoms with E-state index in [1.54, 1.807) is 0 Å². The Morgan fingerprint density at radius 2 is 1.49 bits per heavy atom. The molecular formula is C23H31N7O9. The zero-order valence-corrected chi connectivity index (χ0v) is 20.7. The number of H-pyrrole nitrogens is 1. The molecule has 0 radical (unpaired) electrons. The highest BCUT2D eigenvalue weighted by Gasteiger charge is 2.28. The third kappa shape index (κ3) is 10.0. The number of aliphatic hydroxyl groups excluding tert-OH is 2. The summed E-state index contributed by atoms with van der Waals surface area (Å²) in [6.07, 6.45) is 2.85. The highest BCUT2D eigenvalue weighted by molar-refractivity contribution is 5.94. The Bertz CT molecular complexity index is 1130. The number of imidazole rings is 1. The highest BCUT2D eigenvalue weighted by Crippen LogP contribution is 2.11. The zero-order chi connectivity index (χ0) is 28.9. The van der Waals surface area contributed by atoms with Crippen molar-refractivity contribution in [3.05, 3.63) is 48.0 Å². The van der Waals surface area contributed by atoms with Crippen LogP contribution < -0.4 is 27.0 Å². The number of carbonyl (C=O) groups is 5. The quantitative estimate of drug-likeness (QED) is 0.102. The molecule has 0 bridgehead atoms. The number of aliphatic carboxylic acids is 1. The summed E-state index contributed by atoms with van der Waals surface area (Å²) >= 11 is 0. The molecule has 1 heterocycles. The van der Waals surface area contributed by atoms with E-state index >= 15 is 0 Å². The Labute approximate surface area is 222 Å². The summed E-state index contributed by atoms with van der Waals surface area (Å²) in [6.45, 7) is -2.40. The van der Waals surface area contributed by atoms with Gasteiger partial charge in [-0.1, -0.05) is 12.1 Å². The third-order valence-corrected chi connectivity index (χ3v) is 5.40. The number of hydrogen-bond acceptors (Lipinski definition) is 10. The number of aliphatic hydroxyl groups is 2. The number of carboxylic acid groups (broad SMARTS) is 1. The van der Waals surface area contributed by atoms with E-state index < -0.39 is 73.5 Å². The minimum Gasteiger partial charge on any atom is -0.508 e. The average molecular weight is 550 g/mol. The Hall–Kier alpha value is -4.54. The van der Waals surface area contributed by atoms with Crippen molar-refractivity contribution in [1.29, 1.82) is 0 Å². The number of phenolic OH excluding ortho intramolecular Hbond substituents is 1. The number of nitrogens with two attached hydrogens (primary N) is 1. The second kappa shape index (κ2) is 15.0. The second-order valence-electron chi connectivity index (χ2n) is 8.42. The van der Waals surface area contributed by atoms with E-state index in [0.29, 0.717) is 11.3 Å². The van der Waals surface area contributed by atoms with Crippen molar-refractivity contribution in [2.45, 2.75) is 37.0 Å². The number of rotatable bonds is 15. The molecule has 16 heteroatoms. The number of aromatic hydroxyl groups is 1. The van der Waals surface area contributed by atoms with Crippen molar-refractivity contribution in [3.8, 4) is 5.75 Å². The number of phenols is 1. The molecule has 0 aliphatic rings. The topological polar surface area (TPSA) is 269 Å². The number of aromatic nitrogens is 2. The maximum atomic E-state index is 12.5. The van der Waals surface area contributed by atoms with Crippen LogP contribution in [0.25, 0.3) is 0 Å². The molecule has 0 aliphatic heterocycles. The number of hydrogen-bond donors (Lipinski definition) is 10. The predicted molar refractivity (Wildman–Crippen MR) is 133 cm³/mol. The average Bonchev–Trinajstić information content (AvgIpc) is 3.42. The molecular weight excluding hydrogens is 518 g/mol. The Morgan fingerprint density at radius 1 is 0.872 bits per heavy atom. The van der Waals surface area contributed by atoms with E-state index in [4.69, 9.17) is 5.73 Å². The molecule has 0 saturated heterocycles. The molecule has 4 atom stereocenters. The molecule has 39 heavy (non-hydrogen) atoms. The molecule has 0 unspecified atom stereocenters. The summed E-state index contributed by atoms with van der Waals surface area (Å²) in [7, 11) is 0. The van der Waals surface area contributed by atoms with Gasteiger partial charge in [-0.2, -0.15) is 0 Å². The van der Waals surface area contributed by atoms with Crippen LogP contribution in [-0.4, -0.2) is 104 Å². The minimum atomic E-state index is -1.55. The van der Waals surface area contributed by atoms with Gasteiger partial charge in [0.25, 0.3) is 0 Å². The van der Waals surface area contributed by atoms with Gasteiger partial charge in [0, 0.05) is 24.7 Å². The van der Waals surface area contributed by atoms with Gasteiger partial charge in [0.05, 0.1) is 32.1 Å². The summed E-state index contributed by atoms with van der Waals surface area (Å²) in [5, 5.41) is 46.6. The van der Waals surface area contributed by atoms with Gasteiger partial charge in [-0.3, -0.25) is 19.2 Å². The van der Waals surface area contributed by atoms with E-state index in [-0.39, 0.29) is 18.6 Å². The highest BCUT2D eigenvalue weighted by atomic mass is 16.4. The van der Waals surface area contributed by atoms with Crippen molar-refractivity contribution in [2.75, 3.05) is 19.8 Å². The van der Waals surface area contributed by atoms with Gasteiger partial charge in [-0.15, -0.1) is 0 Å². The van der Waals surface area contributed by atoms with Crippen LogP contribution in [-0.2, 0) is 36.8 Å². The van der Waals surface area contributed by atoms with Gasteiger partial charge in [-0.25, -0.2) is 9.78 Å². The van der Waals surface area contributed by atoms with Crippen molar-refractivity contribution < 1.29 is 44.4 Å². The van der Waals surface area contributed by atoms with Gasteiger partial charge < -0.3 is 52.4 Å². The van der Waals surface area contributed by atoms with Gasteiger partial charge in [0.15, 0.2) is 0 Å². The lowest BCUT2D eigenvalue weighted by molar-refractivity contribution is -0.141. The van der Waals surface area contributed by atoms with Crippen LogP contribution >= 0.6 is 0 Å². The van der Waals surface area contributed by atoms with Gasteiger partial charge in [0.2, 0.25) is 23.6 Å². The van der Waals surface area contributed by atoms with Crippen LogP contribution in [0.4, 0.5) is 0 Å². The first-order chi connectivity index (χ1) is 18.5. The maximum Gasteiger partial charge on any atom is 0.326 e. The first kappa shape index (κ1) is 30.7. The number of carbonyl (C=O) groups excluding carboxylic acids is 4. The molecule has 212 valence electrons. The number of carboxylic acids is 1. The predicted octanol–water partition coefficient (Wildman–Crippen LogP) is -4.13. The van der Waals surface area contributed by atoms with Crippen molar-refractivity contribution in [2.24, 2.45) is 5.73 Å². The molecule has 0 saturated carbocycles. The number of amides is 4. The molecule has 1 aromatic carbocycles. The normalized spacial score (nSPS) is 13.8. The van der Waals surface area contributed by atoms with Gasteiger partial charge >= 0.3 is 5.97 Å². The Balaban J connectivity index is 1.85. The first-order valence-corrected chi connectivity index (χ1v) is 11.7. The van der Waals surface area contributed by atoms with Crippen LogP contribution in [0.1, 0.15) is 11.3 Å². The fraction of sp³-hybridized carbons (Fsp3) is 0.391. The summed E-state index contributed by atoms with van der Waals surface area (Å²) in [5.74, 6) is -4.94. The summed E-state index contributed by atoms with van der Waals surface area (Å²) in [4.78, 5) is 67.5. The molecule has 0 spiro atoms. The molecule has 4 amide bonds. The lowest BCUT2D eigenvalue weighted by Gasteiger charge is -2.22. The van der Waals surface area contributed by atoms with Crippen LogP contribution in [0, 0.1) is 0 Å². The minimum absolute atomic E-state index is 0.00977. The number of nitrogens with one attached hydrogen (secondary N) is 5. The fourth-order valence-corrected chi connectivity index (χ4v) is 3.27. The Kier molecular flexibility index (Phi) is 11.8. The summed E-state index contributed by atoms with van der Waals surface area (Å²) in [6, 6.07) is 0.247. The number of nitrogens with zero attached hydrogens (tertiary/aromatic N) is 1. The van der Waals surface area contributed by atoms with E-state index in [9.17, 15) is 44.4 Å². The monoisotopic (exact) mass is 549 g/mol. The van der Waals surface area contributed by atoms with Crippen molar-refractivity contribution in [3.63, 3.8) is 0 Å². The van der Waals surface area contributed by atoms with Crippen LogP contribution in [0.5, 0.6) is 5.75 Å². The lowest BCUT2D eigenvalue weighted by Crippen LogP contribution is -2.58. The third-order valence-electron chi connectivity index (χ3n) is 5.40. The molecule has 2 rings (SSSR count). The zero-order valence-electron chi connectivity index (χ0n) is 20.7. The standard InChI is InChI=1S/C23H31N7O9/c24-15(6-13-7-25-11-27-13)20(35)29-18(10-32)22(37)30-17(9-31)21(36)26-8-19(34)28-16(23(38)39)5-12-1-3-14(33)4-2-12/h1-4,7,11,15-18,31-33H,5-6,8-10,24H2,(H,25,27)(H,26,36)(H,28,34)(H,29,35)(H,30,37)(H,38,39)/t15-,16-,17-,18-/m0/s1. The molecule has 16 nitrogen and oxygen atoms in total. The summed E-state index contributed by atoms with van der Waals surface area (Å²) in [5.41, 5.74) is 6.89. The van der Waals surface area contributed by atoms with Crippen LogP contribution in [0.15, 0.2) is 36.8 Å². The summed E-state index contributed by atoms with van der Waals surface area (Å²) < 4.78 is 0. The number of benzene rings is 1. The van der Waals surface area contributed by atoms with Gasteiger partial charge in [0.1, 0.15) is 23.9 Å². The second-order valence-corrected chi connectivity index (χ2v) is 8.42. The van der Waals surface area contributed by atoms with Crippen LogP contribution in [0.2, 0.25) is 0 Å². The van der Waals surface area contributed by atoms with Gasteiger partial charge in [-0.05, 0) is 17.7 Å². The molecule has 2 aromatic rings. The SMILES string of the molecule is N[C@@H](Cc1cnc[nH]1)C(=O)N[C@@H](CO)C(=O)N[C@@H](CO)C(=O)NCC(=O)N[C@@H](Cc1ccc(O)cc1)C(=O)O. The van der Waals surface area contributed by atoms with E-state index in [2.05, 4.69) is 31.2 Å². The van der Waals surface area contributed by atoms with Crippen LogP contribution in [0.3, 0.4) is 0 Å². The van der Waals surface area contributed by atoms with Crippen molar-refractivity contribution >= 4 is 29.6 Å². The first-order valence-electron chi connectivity index (χ1n) is 11.7. The van der Waals surface area contributed by atoms with Crippen molar-refractivity contribution in [1.82, 2.24) is 31.2 Å². The molecule has 0 aliphatic carbocycles. The van der Waals surface area contributed by atoms with E-state index in [0.717, 1.165) is 0 Å². The number of aromatic amines is 1. The molecule has 1 aromatic heterocycles.